The van der Waals surface area contributed by atoms with Crippen molar-refractivity contribution in [3.05, 3.63) is 53.0 Å². The van der Waals surface area contributed by atoms with Crippen molar-refractivity contribution in [1.29, 1.82) is 0 Å². The largest absolute Gasteiger partial charge is 0.350 e. The molecule has 4 rings (SSSR count). The van der Waals surface area contributed by atoms with Crippen molar-refractivity contribution in [2.24, 2.45) is 13.0 Å². The highest BCUT2D eigenvalue weighted by atomic mass is 16.5. The molecule has 0 spiro atoms. The molecule has 3 heterocycles. The van der Waals surface area contributed by atoms with E-state index in [1.54, 1.807) is 5.48 Å². The third-order valence-corrected chi connectivity index (χ3v) is 6.34. The van der Waals surface area contributed by atoms with Crippen LogP contribution in [-0.4, -0.2) is 45.3 Å². The van der Waals surface area contributed by atoms with E-state index in [1.807, 2.05) is 0 Å². The summed E-state index contributed by atoms with van der Waals surface area (Å²) in [5.41, 5.74) is 7.13. The van der Waals surface area contributed by atoms with Crippen LogP contribution in [0.3, 0.4) is 0 Å². The first-order valence-electron chi connectivity index (χ1n) is 10.7. The van der Waals surface area contributed by atoms with Crippen LogP contribution in [0, 0.1) is 19.8 Å². The Bertz CT molecular complexity index is 1070. The summed E-state index contributed by atoms with van der Waals surface area (Å²) >= 11 is 0. The molecule has 3 N–H and O–H groups in total. The number of carbonyl (C=O) groups excluding carboxylic acids is 1. The number of rotatable bonds is 6. The number of piperidine rings is 1. The molecular weight excluding hydrogens is 392 g/mol. The van der Waals surface area contributed by atoms with Gasteiger partial charge in [0.1, 0.15) is 0 Å². The van der Waals surface area contributed by atoms with Crippen molar-refractivity contribution in [3.8, 4) is 0 Å². The minimum absolute atomic E-state index is 0.240. The first-order valence-corrected chi connectivity index (χ1v) is 10.7. The molecule has 0 saturated carbocycles. The van der Waals surface area contributed by atoms with Gasteiger partial charge in [-0.2, -0.15) is 0 Å². The molecule has 0 unspecified atom stereocenters. The quantitative estimate of drug-likeness (QED) is 0.418. The average Bonchev–Trinajstić information content (AvgIpc) is 3.08. The van der Waals surface area contributed by atoms with Crippen LogP contribution in [0.4, 0.5) is 5.95 Å². The average molecular weight is 423 g/mol. The molecule has 0 atom stereocenters. The number of fused-ring (bicyclic) bond motifs is 1. The van der Waals surface area contributed by atoms with Crippen molar-refractivity contribution in [3.63, 3.8) is 0 Å². The summed E-state index contributed by atoms with van der Waals surface area (Å²) in [4.78, 5) is 22.1. The standard InChI is InChI=1S/C23H30N6O2/c1-15-8-20-19(14-28(3)21(20)9-16(15)2)11-24-10-17-4-6-29(7-5-17)23-25-12-18(13-26-23)22(30)27-31/h8-9,12-14,17,24,31H,4-7,10-11H2,1-3H3,(H,27,30). The summed E-state index contributed by atoms with van der Waals surface area (Å²) in [6, 6.07) is 4.57. The van der Waals surface area contributed by atoms with Crippen LogP contribution < -0.4 is 15.7 Å². The molecule has 8 heteroatoms. The number of hydroxylamine groups is 1. The number of nitrogens with one attached hydrogen (secondary N) is 2. The van der Waals surface area contributed by atoms with Gasteiger partial charge in [-0.05, 0) is 68.0 Å². The maximum absolute atomic E-state index is 11.4. The van der Waals surface area contributed by atoms with E-state index < -0.39 is 5.91 Å². The topological polar surface area (TPSA) is 95.3 Å². The Morgan fingerprint density at radius 1 is 1.16 bits per heavy atom. The second kappa shape index (κ2) is 9.03. The number of amides is 1. The SMILES string of the molecule is Cc1cc2c(CNCC3CCN(c4ncc(C(=O)NO)cn4)CC3)cn(C)c2cc1C. The van der Waals surface area contributed by atoms with E-state index in [2.05, 4.69) is 64.0 Å². The van der Waals surface area contributed by atoms with Gasteiger partial charge >= 0.3 is 0 Å². The molecule has 0 bridgehead atoms. The Kier molecular flexibility index (Phi) is 6.20. The van der Waals surface area contributed by atoms with Crippen LogP contribution in [0.5, 0.6) is 0 Å². The molecule has 1 aliphatic rings. The summed E-state index contributed by atoms with van der Waals surface area (Å²) in [6.07, 6.45) is 7.26. The Morgan fingerprint density at radius 3 is 2.52 bits per heavy atom. The Balaban J connectivity index is 1.29. The predicted molar refractivity (Wildman–Crippen MR) is 120 cm³/mol. The number of aryl methyl sites for hydroxylation is 3. The second-order valence-electron chi connectivity index (χ2n) is 8.49. The smallest absolute Gasteiger partial charge is 0.277 e. The van der Waals surface area contributed by atoms with Gasteiger partial charge in [-0.1, -0.05) is 0 Å². The maximum atomic E-state index is 11.4. The highest BCUT2D eigenvalue weighted by molar-refractivity contribution is 5.92. The van der Waals surface area contributed by atoms with Crippen molar-refractivity contribution in [2.75, 3.05) is 24.5 Å². The molecule has 0 aliphatic carbocycles. The van der Waals surface area contributed by atoms with E-state index in [-0.39, 0.29) is 5.56 Å². The lowest BCUT2D eigenvalue weighted by atomic mass is 9.97. The van der Waals surface area contributed by atoms with E-state index >= 15 is 0 Å². The lowest BCUT2D eigenvalue weighted by molar-refractivity contribution is 0.0705. The number of benzene rings is 1. The normalized spacial score (nSPS) is 14.9. The fourth-order valence-corrected chi connectivity index (χ4v) is 4.28. The number of nitrogens with zero attached hydrogens (tertiary/aromatic N) is 4. The first-order chi connectivity index (χ1) is 15.0. The third-order valence-electron chi connectivity index (χ3n) is 6.34. The van der Waals surface area contributed by atoms with Gasteiger partial charge in [-0.15, -0.1) is 0 Å². The molecule has 0 radical (unpaired) electrons. The van der Waals surface area contributed by atoms with Gasteiger partial charge < -0.3 is 14.8 Å². The molecule has 1 amide bonds. The zero-order valence-electron chi connectivity index (χ0n) is 18.4. The minimum Gasteiger partial charge on any atom is -0.350 e. The number of anilines is 1. The molecular formula is C23H30N6O2. The second-order valence-corrected chi connectivity index (χ2v) is 8.49. The molecule has 1 aliphatic heterocycles. The van der Waals surface area contributed by atoms with Gasteiger partial charge in [-0.25, -0.2) is 15.4 Å². The van der Waals surface area contributed by atoms with Crippen LogP contribution in [-0.2, 0) is 13.6 Å². The number of hydrogen-bond donors (Lipinski definition) is 3. The van der Waals surface area contributed by atoms with Crippen LogP contribution in [0.2, 0.25) is 0 Å². The molecule has 1 fully saturated rings. The molecule has 31 heavy (non-hydrogen) atoms. The van der Waals surface area contributed by atoms with Crippen LogP contribution in [0.25, 0.3) is 10.9 Å². The van der Waals surface area contributed by atoms with E-state index in [9.17, 15) is 4.79 Å². The summed E-state index contributed by atoms with van der Waals surface area (Å²) in [6.45, 7) is 7.99. The highest BCUT2D eigenvalue weighted by Gasteiger charge is 2.21. The Morgan fingerprint density at radius 2 is 1.84 bits per heavy atom. The zero-order chi connectivity index (χ0) is 22.0. The van der Waals surface area contributed by atoms with Gasteiger partial charge in [0, 0.05) is 56.2 Å². The predicted octanol–water partition coefficient (Wildman–Crippen LogP) is 2.71. The maximum Gasteiger partial charge on any atom is 0.277 e. The van der Waals surface area contributed by atoms with Gasteiger partial charge in [0.15, 0.2) is 0 Å². The highest BCUT2D eigenvalue weighted by Crippen LogP contribution is 2.25. The lowest BCUT2D eigenvalue weighted by Crippen LogP contribution is -2.38. The molecule has 3 aromatic rings. The van der Waals surface area contributed by atoms with Gasteiger partial charge in [0.2, 0.25) is 5.95 Å². The van der Waals surface area contributed by atoms with Gasteiger partial charge in [0.05, 0.1) is 5.56 Å². The van der Waals surface area contributed by atoms with Gasteiger partial charge in [0.25, 0.3) is 5.91 Å². The molecule has 164 valence electrons. The summed E-state index contributed by atoms with van der Waals surface area (Å²) in [7, 11) is 2.11. The summed E-state index contributed by atoms with van der Waals surface area (Å²) < 4.78 is 2.22. The number of hydrogen-bond acceptors (Lipinski definition) is 6. The number of carbonyl (C=O) groups is 1. The fraction of sp³-hybridized carbons (Fsp3) is 0.435. The van der Waals surface area contributed by atoms with Crippen molar-refractivity contribution >= 4 is 22.8 Å². The van der Waals surface area contributed by atoms with E-state index in [0.717, 1.165) is 39.0 Å². The zero-order valence-corrected chi connectivity index (χ0v) is 18.4. The van der Waals surface area contributed by atoms with E-state index in [4.69, 9.17) is 5.21 Å². The first kappa shape index (κ1) is 21.3. The lowest BCUT2D eigenvalue weighted by Gasteiger charge is -2.32. The van der Waals surface area contributed by atoms with E-state index in [0.29, 0.717) is 11.9 Å². The van der Waals surface area contributed by atoms with Crippen molar-refractivity contribution < 1.29 is 10.0 Å². The Hall–Kier alpha value is -2.97. The van der Waals surface area contributed by atoms with Crippen LogP contribution in [0.1, 0.15) is 39.9 Å². The monoisotopic (exact) mass is 422 g/mol. The van der Waals surface area contributed by atoms with Crippen LogP contribution >= 0.6 is 0 Å². The van der Waals surface area contributed by atoms with Crippen molar-refractivity contribution in [2.45, 2.75) is 33.2 Å². The van der Waals surface area contributed by atoms with Crippen LogP contribution in [0.15, 0.2) is 30.7 Å². The fourth-order valence-electron chi connectivity index (χ4n) is 4.28. The minimum atomic E-state index is -0.604. The molecule has 1 saturated heterocycles. The van der Waals surface area contributed by atoms with E-state index in [1.165, 1.54) is 40.0 Å². The third kappa shape index (κ3) is 4.55. The summed E-state index contributed by atoms with van der Waals surface area (Å²) in [5, 5.41) is 13.7. The number of aromatic nitrogens is 3. The molecule has 1 aromatic carbocycles. The van der Waals surface area contributed by atoms with Gasteiger partial charge in [-0.3, -0.25) is 10.0 Å². The Labute approximate surface area is 182 Å². The summed E-state index contributed by atoms with van der Waals surface area (Å²) in [5.74, 6) is 0.643. The van der Waals surface area contributed by atoms with Crippen molar-refractivity contribution in [1.82, 2.24) is 25.3 Å². The molecule has 2 aromatic heterocycles. The molecule has 8 nitrogen and oxygen atoms in total.